The Morgan fingerprint density at radius 1 is 1.31 bits per heavy atom. The van der Waals surface area contributed by atoms with Gasteiger partial charge in [0.05, 0.1) is 23.3 Å². The van der Waals surface area contributed by atoms with Crippen molar-refractivity contribution in [3.8, 4) is 5.75 Å². The zero-order valence-corrected chi connectivity index (χ0v) is 8.81. The monoisotopic (exact) mass is 216 g/mol. The van der Waals surface area contributed by atoms with Gasteiger partial charge in [-0.2, -0.15) is 0 Å². The van der Waals surface area contributed by atoms with Gasteiger partial charge >= 0.3 is 0 Å². The number of nitrogen functional groups attached to an aromatic ring is 1. The lowest BCUT2D eigenvalue weighted by Crippen LogP contribution is -2.01. The van der Waals surface area contributed by atoms with Crippen LogP contribution < -0.4 is 11.1 Å². The van der Waals surface area contributed by atoms with Crippen LogP contribution in [-0.2, 0) is 0 Å². The molecule has 1 heterocycles. The second-order valence-electron chi connectivity index (χ2n) is 3.38. The smallest absolute Gasteiger partial charge is 0.227 e. The molecule has 0 atom stereocenters. The number of phenols is 1. The van der Waals surface area contributed by atoms with Crippen LogP contribution >= 0.6 is 0 Å². The van der Waals surface area contributed by atoms with Crippen molar-refractivity contribution in [2.24, 2.45) is 0 Å². The number of nitrogens with zero attached hydrogens (tertiary/aromatic N) is 2. The largest absolute Gasteiger partial charge is 0.506 e. The van der Waals surface area contributed by atoms with Gasteiger partial charge in [0.25, 0.3) is 0 Å². The van der Waals surface area contributed by atoms with Gasteiger partial charge in [0.15, 0.2) is 0 Å². The van der Waals surface area contributed by atoms with E-state index >= 15 is 0 Å². The molecule has 0 saturated carbocycles. The predicted molar refractivity (Wildman–Crippen MR) is 62.6 cm³/mol. The number of hydrogen-bond acceptors (Lipinski definition) is 5. The summed E-state index contributed by atoms with van der Waals surface area (Å²) < 4.78 is 0. The van der Waals surface area contributed by atoms with Crippen LogP contribution in [-0.4, -0.2) is 15.1 Å². The molecular weight excluding hydrogens is 204 g/mol. The van der Waals surface area contributed by atoms with E-state index in [9.17, 15) is 5.11 Å². The number of para-hydroxylation sites is 2. The molecule has 0 fully saturated rings. The third kappa shape index (κ3) is 2.03. The van der Waals surface area contributed by atoms with E-state index in [-0.39, 0.29) is 5.75 Å². The Labute approximate surface area is 93.0 Å². The summed E-state index contributed by atoms with van der Waals surface area (Å²) in [7, 11) is 0. The first-order chi connectivity index (χ1) is 7.66. The van der Waals surface area contributed by atoms with E-state index in [2.05, 4.69) is 15.3 Å². The van der Waals surface area contributed by atoms with Gasteiger partial charge in [0.2, 0.25) is 5.95 Å². The molecule has 4 N–H and O–H groups in total. The molecule has 2 rings (SSSR count). The highest BCUT2D eigenvalue weighted by Gasteiger charge is 2.03. The minimum absolute atomic E-state index is 0.153. The van der Waals surface area contributed by atoms with Gasteiger partial charge in [0.1, 0.15) is 5.75 Å². The molecule has 5 nitrogen and oxygen atoms in total. The van der Waals surface area contributed by atoms with Crippen LogP contribution in [0.2, 0.25) is 0 Å². The molecule has 0 aliphatic rings. The molecule has 0 unspecified atom stereocenters. The number of nitrogens with one attached hydrogen (secondary N) is 1. The maximum Gasteiger partial charge on any atom is 0.227 e. The summed E-state index contributed by atoms with van der Waals surface area (Å²) >= 11 is 0. The number of aromatic hydroxyl groups is 1. The summed E-state index contributed by atoms with van der Waals surface area (Å²) in [5.41, 5.74) is 7.42. The Balaban J connectivity index is 2.28. The van der Waals surface area contributed by atoms with Gasteiger partial charge in [-0.1, -0.05) is 12.1 Å². The lowest BCUT2D eigenvalue weighted by atomic mass is 10.3. The summed E-state index contributed by atoms with van der Waals surface area (Å²) in [6.07, 6.45) is 1.53. The third-order valence-electron chi connectivity index (χ3n) is 2.17. The summed E-state index contributed by atoms with van der Waals surface area (Å²) in [6, 6.07) is 6.89. The first kappa shape index (κ1) is 10.2. The number of aromatic nitrogens is 2. The molecule has 0 bridgehead atoms. The normalized spacial score (nSPS) is 10.1. The zero-order chi connectivity index (χ0) is 11.5. The van der Waals surface area contributed by atoms with Crippen LogP contribution in [0.25, 0.3) is 0 Å². The number of rotatable bonds is 2. The molecule has 0 aliphatic heterocycles. The molecule has 1 aromatic heterocycles. The van der Waals surface area contributed by atoms with Crippen molar-refractivity contribution >= 4 is 17.3 Å². The van der Waals surface area contributed by atoms with Gasteiger partial charge in [-0.15, -0.1) is 0 Å². The Bertz CT molecular complexity index is 513. The topological polar surface area (TPSA) is 84.1 Å². The fraction of sp³-hybridized carbons (Fsp3) is 0.0909. The Morgan fingerprint density at radius 3 is 2.75 bits per heavy atom. The van der Waals surface area contributed by atoms with Gasteiger partial charge in [0, 0.05) is 0 Å². The van der Waals surface area contributed by atoms with Crippen LogP contribution in [0.1, 0.15) is 5.69 Å². The second-order valence-corrected chi connectivity index (χ2v) is 3.38. The van der Waals surface area contributed by atoms with E-state index in [0.717, 1.165) is 0 Å². The highest BCUT2D eigenvalue weighted by atomic mass is 16.3. The molecule has 16 heavy (non-hydrogen) atoms. The quantitative estimate of drug-likeness (QED) is 0.667. The Hall–Kier alpha value is -2.30. The molecule has 0 spiro atoms. The highest BCUT2D eigenvalue weighted by molar-refractivity contribution is 5.62. The summed E-state index contributed by atoms with van der Waals surface area (Å²) in [5.74, 6) is 0.564. The first-order valence-corrected chi connectivity index (χ1v) is 4.81. The fourth-order valence-corrected chi connectivity index (χ4v) is 1.24. The van der Waals surface area contributed by atoms with Crippen LogP contribution in [0, 0.1) is 6.92 Å². The van der Waals surface area contributed by atoms with Crippen molar-refractivity contribution < 1.29 is 5.11 Å². The van der Waals surface area contributed by atoms with E-state index in [1.165, 1.54) is 6.20 Å². The van der Waals surface area contributed by atoms with E-state index in [4.69, 9.17) is 5.73 Å². The van der Waals surface area contributed by atoms with Crippen LogP contribution in [0.4, 0.5) is 17.3 Å². The lowest BCUT2D eigenvalue weighted by Gasteiger charge is -2.07. The number of aryl methyl sites for hydroxylation is 1. The maximum absolute atomic E-state index is 9.55. The SMILES string of the molecule is Cc1nc(Nc2ccccc2O)ncc1N. The lowest BCUT2D eigenvalue weighted by molar-refractivity contribution is 0.477. The van der Waals surface area contributed by atoms with E-state index in [1.54, 1.807) is 25.1 Å². The van der Waals surface area contributed by atoms with Gasteiger partial charge in [-0.05, 0) is 19.1 Å². The average molecular weight is 216 g/mol. The van der Waals surface area contributed by atoms with Crippen molar-refractivity contribution in [2.75, 3.05) is 11.1 Å². The molecule has 0 amide bonds. The molecule has 0 radical (unpaired) electrons. The van der Waals surface area contributed by atoms with Crippen LogP contribution in [0.3, 0.4) is 0 Å². The number of nitrogens with two attached hydrogens (primary N) is 1. The third-order valence-corrected chi connectivity index (χ3v) is 2.17. The number of anilines is 3. The molecule has 0 aliphatic carbocycles. The van der Waals surface area contributed by atoms with E-state index < -0.39 is 0 Å². The zero-order valence-electron chi connectivity index (χ0n) is 8.81. The maximum atomic E-state index is 9.55. The fourth-order valence-electron chi connectivity index (χ4n) is 1.24. The predicted octanol–water partition coefficient (Wildman–Crippen LogP) is 1.82. The Morgan fingerprint density at radius 2 is 2.06 bits per heavy atom. The Kier molecular flexibility index (Phi) is 2.59. The molecule has 82 valence electrons. The minimum Gasteiger partial charge on any atom is -0.506 e. The van der Waals surface area contributed by atoms with Crippen molar-refractivity contribution in [1.29, 1.82) is 0 Å². The molecule has 0 saturated heterocycles. The molecule has 1 aromatic carbocycles. The van der Waals surface area contributed by atoms with Gasteiger partial charge < -0.3 is 16.2 Å². The van der Waals surface area contributed by atoms with Crippen molar-refractivity contribution in [3.05, 3.63) is 36.2 Å². The van der Waals surface area contributed by atoms with Gasteiger partial charge in [-0.3, -0.25) is 0 Å². The number of phenolic OH excluding ortho intramolecular Hbond substituents is 1. The van der Waals surface area contributed by atoms with Crippen LogP contribution in [0.15, 0.2) is 30.5 Å². The number of hydrogen-bond donors (Lipinski definition) is 3. The molecule has 2 aromatic rings. The summed E-state index contributed by atoms with van der Waals surface area (Å²) in [6.45, 7) is 1.80. The average Bonchev–Trinajstić information content (AvgIpc) is 2.27. The highest BCUT2D eigenvalue weighted by Crippen LogP contribution is 2.24. The van der Waals surface area contributed by atoms with E-state index in [0.29, 0.717) is 23.0 Å². The van der Waals surface area contributed by atoms with Crippen molar-refractivity contribution in [3.63, 3.8) is 0 Å². The minimum atomic E-state index is 0.153. The van der Waals surface area contributed by atoms with Gasteiger partial charge in [-0.25, -0.2) is 9.97 Å². The van der Waals surface area contributed by atoms with Crippen LogP contribution in [0.5, 0.6) is 5.75 Å². The molecule has 5 heteroatoms. The molecular formula is C11H12N4O. The second kappa shape index (κ2) is 4.06. The standard InChI is InChI=1S/C11H12N4O/c1-7-8(12)6-13-11(14-7)15-9-4-2-3-5-10(9)16/h2-6,16H,12H2,1H3,(H,13,14,15). The summed E-state index contributed by atoms with van der Waals surface area (Å²) in [4.78, 5) is 8.17. The van der Waals surface area contributed by atoms with Crippen molar-refractivity contribution in [2.45, 2.75) is 6.92 Å². The van der Waals surface area contributed by atoms with E-state index in [1.807, 2.05) is 6.07 Å². The number of benzene rings is 1. The first-order valence-electron chi connectivity index (χ1n) is 4.81. The van der Waals surface area contributed by atoms with Crippen molar-refractivity contribution in [1.82, 2.24) is 9.97 Å². The summed E-state index contributed by atoms with van der Waals surface area (Å²) in [5, 5.41) is 12.5.